The second-order valence-electron chi connectivity index (χ2n) is 5.02. The Kier molecular flexibility index (Phi) is 4.77. The number of benzene rings is 1. The molecule has 0 saturated heterocycles. The maximum atomic E-state index is 12.2. The molecule has 0 heterocycles. The Morgan fingerprint density at radius 1 is 1.21 bits per heavy atom. The van der Waals surface area contributed by atoms with Gasteiger partial charge in [0.25, 0.3) is 0 Å². The molecule has 0 unspecified atom stereocenters. The highest BCUT2D eigenvalue weighted by atomic mass is 32.2. The summed E-state index contributed by atoms with van der Waals surface area (Å²) in [7, 11) is -3.37. The van der Waals surface area contributed by atoms with Crippen LogP contribution in [0.3, 0.4) is 0 Å². The molecule has 3 nitrogen and oxygen atoms in total. The normalized spacial score (nSPS) is 16.2. The smallest absolute Gasteiger partial charge is 0.211 e. The molecule has 1 aliphatic carbocycles. The van der Waals surface area contributed by atoms with E-state index in [2.05, 4.69) is 10.8 Å². The average Bonchev–Trinajstić information content (AvgIpc) is 2.40. The molecular weight excluding hydrogens is 258 g/mol. The van der Waals surface area contributed by atoms with E-state index in [9.17, 15) is 8.42 Å². The average molecular weight is 279 g/mol. The van der Waals surface area contributed by atoms with Crippen LogP contribution in [0.4, 0.5) is 0 Å². The molecule has 4 heteroatoms. The van der Waals surface area contributed by atoms with Gasteiger partial charge in [0.15, 0.2) is 0 Å². The molecule has 1 N–H and O–H groups in total. The molecule has 0 spiro atoms. The lowest BCUT2D eigenvalue weighted by Crippen LogP contribution is -2.25. The Balaban J connectivity index is 1.95. The first kappa shape index (κ1) is 14.3. The Morgan fingerprint density at radius 3 is 2.68 bits per heavy atom. The first-order valence-electron chi connectivity index (χ1n) is 6.83. The van der Waals surface area contributed by atoms with Crippen LogP contribution in [0.25, 0.3) is 0 Å². The van der Waals surface area contributed by atoms with Gasteiger partial charge in [0.05, 0.1) is 4.90 Å². The van der Waals surface area contributed by atoms with Crippen molar-refractivity contribution in [3.05, 3.63) is 41.5 Å². The van der Waals surface area contributed by atoms with Crippen molar-refractivity contribution in [2.45, 2.75) is 43.9 Å². The van der Waals surface area contributed by atoms with Crippen LogP contribution in [-0.2, 0) is 10.0 Å². The summed E-state index contributed by atoms with van der Waals surface area (Å²) >= 11 is 0. The molecule has 104 valence electrons. The van der Waals surface area contributed by atoms with Crippen molar-refractivity contribution in [3.8, 4) is 0 Å². The molecule has 2 rings (SSSR count). The fraction of sp³-hybridized carbons (Fsp3) is 0.467. The number of nitrogens with one attached hydrogen (secondary N) is 1. The molecule has 0 atom stereocenters. The minimum Gasteiger partial charge on any atom is -0.211 e. The van der Waals surface area contributed by atoms with Gasteiger partial charge >= 0.3 is 0 Å². The molecule has 0 fully saturated rings. The van der Waals surface area contributed by atoms with E-state index in [0.29, 0.717) is 11.4 Å². The van der Waals surface area contributed by atoms with Gasteiger partial charge in [-0.25, -0.2) is 13.1 Å². The van der Waals surface area contributed by atoms with Gasteiger partial charge in [-0.1, -0.05) is 29.8 Å². The van der Waals surface area contributed by atoms with E-state index >= 15 is 0 Å². The Bertz CT molecular complexity index is 561. The standard InChI is InChI=1S/C15H21NO2S/c1-13-7-5-6-10-15(13)19(17,18)16-12-11-14-8-3-2-4-9-14/h5-8,10,16H,2-4,9,11-12H2,1H3. The SMILES string of the molecule is Cc1ccccc1S(=O)(=O)NCCC1=CCCCC1. The van der Waals surface area contributed by atoms with Gasteiger partial charge in [-0.3, -0.25) is 0 Å². The maximum absolute atomic E-state index is 12.2. The summed E-state index contributed by atoms with van der Waals surface area (Å²) in [5.74, 6) is 0. The van der Waals surface area contributed by atoms with E-state index in [-0.39, 0.29) is 0 Å². The van der Waals surface area contributed by atoms with E-state index < -0.39 is 10.0 Å². The van der Waals surface area contributed by atoms with Crippen LogP contribution in [0.2, 0.25) is 0 Å². The topological polar surface area (TPSA) is 46.2 Å². The van der Waals surface area contributed by atoms with Gasteiger partial charge in [-0.05, 0) is 50.7 Å². The highest BCUT2D eigenvalue weighted by molar-refractivity contribution is 7.89. The van der Waals surface area contributed by atoms with Gasteiger partial charge in [0, 0.05) is 6.54 Å². The number of aryl methyl sites for hydroxylation is 1. The van der Waals surface area contributed by atoms with E-state index in [1.165, 1.54) is 18.4 Å². The van der Waals surface area contributed by atoms with Gasteiger partial charge in [-0.15, -0.1) is 0 Å². The zero-order valence-corrected chi connectivity index (χ0v) is 12.2. The Labute approximate surface area is 115 Å². The van der Waals surface area contributed by atoms with Crippen molar-refractivity contribution in [2.24, 2.45) is 0 Å². The van der Waals surface area contributed by atoms with E-state index in [1.54, 1.807) is 12.1 Å². The van der Waals surface area contributed by atoms with Gasteiger partial charge in [0.2, 0.25) is 10.0 Å². The maximum Gasteiger partial charge on any atom is 0.240 e. The van der Waals surface area contributed by atoms with Crippen molar-refractivity contribution in [1.82, 2.24) is 4.72 Å². The minimum absolute atomic E-state index is 0.382. The third kappa shape index (κ3) is 3.91. The lowest BCUT2D eigenvalue weighted by atomic mass is 9.97. The van der Waals surface area contributed by atoms with E-state index in [1.807, 2.05) is 19.1 Å². The van der Waals surface area contributed by atoms with Crippen molar-refractivity contribution >= 4 is 10.0 Å². The predicted octanol–water partition coefficient (Wildman–Crippen LogP) is 3.16. The van der Waals surface area contributed by atoms with Crippen LogP contribution in [0, 0.1) is 6.92 Å². The summed E-state index contributed by atoms with van der Waals surface area (Å²) in [4.78, 5) is 0.382. The molecule has 0 bridgehead atoms. The highest BCUT2D eigenvalue weighted by Crippen LogP contribution is 2.20. The third-order valence-corrected chi connectivity index (χ3v) is 5.13. The quantitative estimate of drug-likeness (QED) is 0.842. The predicted molar refractivity (Wildman–Crippen MR) is 77.5 cm³/mol. The number of sulfonamides is 1. The van der Waals surface area contributed by atoms with Crippen LogP contribution in [-0.4, -0.2) is 15.0 Å². The summed E-state index contributed by atoms with van der Waals surface area (Å²) in [5, 5.41) is 0. The van der Waals surface area contributed by atoms with Crippen LogP contribution in [0.5, 0.6) is 0 Å². The molecule has 0 radical (unpaired) electrons. The zero-order chi connectivity index (χ0) is 13.7. The van der Waals surface area contributed by atoms with E-state index in [4.69, 9.17) is 0 Å². The first-order chi connectivity index (χ1) is 9.09. The molecule has 0 aliphatic heterocycles. The highest BCUT2D eigenvalue weighted by Gasteiger charge is 2.15. The van der Waals surface area contributed by atoms with Gasteiger partial charge in [0.1, 0.15) is 0 Å². The third-order valence-electron chi connectivity index (χ3n) is 3.51. The Hall–Kier alpha value is -1.13. The fourth-order valence-corrected chi connectivity index (χ4v) is 3.69. The van der Waals surface area contributed by atoms with E-state index in [0.717, 1.165) is 24.8 Å². The van der Waals surface area contributed by atoms with Crippen LogP contribution >= 0.6 is 0 Å². The number of allylic oxidation sites excluding steroid dienone is 1. The minimum atomic E-state index is -3.37. The second kappa shape index (κ2) is 6.35. The second-order valence-corrected chi connectivity index (χ2v) is 6.76. The first-order valence-corrected chi connectivity index (χ1v) is 8.31. The lowest BCUT2D eigenvalue weighted by Gasteiger charge is -2.13. The molecule has 0 saturated carbocycles. The van der Waals surface area contributed by atoms with Crippen molar-refractivity contribution in [1.29, 1.82) is 0 Å². The Morgan fingerprint density at radius 2 is 2.00 bits per heavy atom. The molecule has 0 aromatic heterocycles. The molecule has 0 amide bonds. The van der Waals surface area contributed by atoms with Crippen LogP contribution < -0.4 is 4.72 Å². The van der Waals surface area contributed by atoms with Crippen molar-refractivity contribution in [2.75, 3.05) is 6.54 Å². The monoisotopic (exact) mass is 279 g/mol. The summed E-state index contributed by atoms with van der Waals surface area (Å²) in [6, 6.07) is 7.07. The molecule has 1 aliphatic rings. The van der Waals surface area contributed by atoms with Crippen molar-refractivity contribution < 1.29 is 8.42 Å². The van der Waals surface area contributed by atoms with Gasteiger partial charge < -0.3 is 0 Å². The summed E-state index contributed by atoms with van der Waals surface area (Å²) in [6.45, 7) is 2.31. The number of hydrogen-bond donors (Lipinski definition) is 1. The van der Waals surface area contributed by atoms with Gasteiger partial charge in [-0.2, -0.15) is 0 Å². The molecule has 1 aromatic carbocycles. The largest absolute Gasteiger partial charge is 0.240 e. The number of hydrogen-bond acceptors (Lipinski definition) is 2. The zero-order valence-electron chi connectivity index (χ0n) is 11.4. The molecule has 19 heavy (non-hydrogen) atoms. The van der Waals surface area contributed by atoms with Crippen LogP contribution in [0.1, 0.15) is 37.7 Å². The fourth-order valence-electron chi connectivity index (χ4n) is 2.41. The van der Waals surface area contributed by atoms with Crippen molar-refractivity contribution in [3.63, 3.8) is 0 Å². The van der Waals surface area contributed by atoms with Crippen LogP contribution in [0.15, 0.2) is 40.8 Å². The summed E-state index contributed by atoms with van der Waals surface area (Å²) in [6.07, 6.45) is 7.83. The number of rotatable bonds is 5. The lowest BCUT2D eigenvalue weighted by molar-refractivity contribution is 0.579. The summed E-state index contributed by atoms with van der Waals surface area (Å²) < 4.78 is 27.0. The molecule has 1 aromatic rings. The summed E-state index contributed by atoms with van der Waals surface area (Å²) in [5.41, 5.74) is 2.17. The molecular formula is C15H21NO2S.